The van der Waals surface area contributed by atoms with Crippen LogP contribution in [0.25, 0.3) is 0 Å². The molecule has 1 aliphatic heterocycles. The molecule has 1 aliphatic rings. The maximum atomic E-state index is 12.2. The van der Waals surface area contributed by atoms with Gasteiger partial charge in [0.1, 0.15) is 0 Å². The van der Waals surface area contributed by atoms with Crippen LogP contribution in [0.1, 0.15) is 29.3 Å². The average Bonchev–Trinajstić information content (AvgIpc) is 2.47. The molecule has 20 heavy (non-hydrogen) atoms. The molecule has 0 fully saturated rings. The second-order valence-corrected chi connectivity index (χ2v) is 4.96. The van der Waals surface area contributed by atoms with E-state index in [0.717, 1.165) is 16.9 Å². The Kier molecular flexibility index (Phi) is 3.11. The first-order chi connectivity index (χ1) is 9.66. The number of nitrogens with zero attached hydrogens (tertiary/aromatic N) is 1. The summed E-state index contributed by atoms with van der Waals surface area (Å²) in [6, 6.07) is 15.2. The Labute approximate surface area is 117 Å². The fourth-order valence-electron chi connectivity index (χ4n) is 2.57. The lowest BCUT2D eigenvalue weighted by Crippen LogP contribution is -2.30. The monoisotopic (exact) mass is 265 g/mol. The lowest BCUT2D eigenvalue weighted by molar-refractivity contribution is -0.118. The van der Waals surface area contributed by atoms with Gasteiger partial charge in [0.2, 0.25) is 5.91 Å². The van der Waals surface area contributed by atoms with Crippen LogP contribution in [0.3, 0.4) is 0 Å². The topological polar surface area (TPSA) is 37.4 Å². The Hall–Kier alpha value is -2.42. The maximum Gasteiger partial charge on any atom is 0.231 e. The predicted octanol–water partition coefficient (Wildman–Crippen LogP) is 3.50. The maximum absolute atomic E-state index is 12.2. The molecule has 3 nitrogen and oxygen atoms in total. The third-order valence-electron chi connectivity index (χ3n) is 3.60. The van der Waals surface area contributed by atoms with Crippen LogP contribution >= 0.6 is 0 Å². The number of para-hydroxylation sites is 1. The van der Waals surface area contributed by atoms with Crippen LogP contribution in [-0.2, 0) is 11.2 Å². The lowest BCUT2D eigenvalue weighted by Gasteiger charge is -2.29. The number of aryl methyl sites for hydroxylation is 1. The van der Waals surface area contributed by atoms with Gasteiger partial charge in [-0.1, -0.05) is 18.2 Å². The smallest absolute Gasteiger partial charge is 0.231 e. The summed E-state index contributed by atoms with van der Waals surface area (Å²) in [6.07, 6.45) is 1.17. The van der Waals surface area contributed by atoms with Gasteiger partial charge in [-0.25, -0.2) is 0 Å². The van der Waals surface area contributed by atoms with E-state index in [2.05, 4.69) is 0 Å². The van der Waals surface area contributed by atoms with Gasteiger partial charge in [-0.3, -0.25) is 14.5 Å². The Balaban J connectivity index is 2.10. The van der Waals surface area contributed by atoms with Crippen LogP contribution in [-0.4, -0.2) is 11.7 Å². The highest BCUT2D eigenvalue weighted by Gasteiger charge is 2.25. The molecular formula is C17H15NO2. The van der Waals surface area contributed by atoms with Gasteiger partial charge < -0.3 is 0 Å². The number of carbonyl (C=O) groups is 2. The molecule has 1 heterocycles. The van der Waals surface area contributed by atoms with Crippen molar-refractivity contribution in [2.45, 2.75) is 19.8 Å². The first-order valence-corrected chi connectivity index (χ1v) is 6.68. The van der Waals surface area contributed by atoms with E-state index < -0.39 is 0 Å². The fourth-order valence-corrected chi connectivity index (χ4v) is 2.57. The summed E-state index contributed by atoms with van der Waals surface area (Å²) < 4.78 is 0. The first-order valence-electron chi connectivity index (χ1n) is 6.68. The molecule has 3 heteroatoms. The summed E-state index contributed by atoms with van der Waals surface area (Å²) in [5.41, 5.74) is 3.51. The molecule has 0 radical (unpaired) electrons. The first kappa shape index (κ1) is 12.6. The summed E-state index contributed by atoms with van der Waals surface area (Å²) in [5, 5.41) is 0. The third kappa shape index (κ3) is 2.11. The molecule has 0 spiro atoms. The van der Waals surface area contributed by atoms with Crippen LogP contribution in [0.4, 0.5) is 11.4 Å². The highest BCUT2D eigenvalue weighted by Crippen LogP contribution is 2.34. The van der Waals surface area contributed by atoms with E-state index in [-0.39, 0.29) is 11.7 Å². The van der Waals surface area contributed by atoms with Gasteiger partial charge in [0, 0.05) is 17.7 Å². The van der Waals surface area contributed by atoms with Gasteiger partial charge in [-0.2, -0.15) is 0 Å². The van der Waals surface area contributed by atoms with Crippen molar-refractivity contribution in [2.24, 2.45) is 0 Å². The summed E-state index contributed by atoms with van der Waals surface area (Å²) in [5.74, 6) is 0.148. The molecule has 2 aromatic rings. The van der Waals surface area contributed by atoms with E-state index in [0.29, 0.717) is 18.4 Å². The SMILES string of the molecule is CC(=O)c1ccc2c(c1)CCC(=O)N2c1ccccc1. The van der Waals surface area contributed by atoms with Crippen molar-refractivity contribution in [2.75, 3.05) is 4.90 Å². The Bertz CT molecular complexity index is 677. The van der Waals surface area contributed by atoms with Gasteiger partial charge in [0.25, 0.3) is 0 Å². The second-order valence-electron chi connectivity index (χ2n) is 4.96. The molecule has 0 bridgehead atoms. The molecule has 0 aliphatic carbocycles. The van der Waals surface area contributed by atoms with Crippen molar-refractivity contribution < 1.29 is 9.59 Å². The van der Waals surface area contributed by atoms with Gasteiger partial charge in [-0.05, 0) is 49.2 Å². The van der Waals surface area contributed by atoms with E-state index in [1.807, 2.05) is 42.5 Å². The molecule has 2 aromatic carbocycles. The molecule has 0 aromatic heterocycles. The number of carbonyl (C=O) groups excluding carboxylic acids is 2. The van der Waals surface area contributed by atoms with Crippen molar-refractivity contribution in [3.63, 3.8) is 0 Å². The molecule has 0 unspecified atom stereocenters. The number of anilines is 2. The minimum absolute atomic E-state index is 0.0518. The molecule has 0 atom stereocenters. The summed E-state index contributed by atoms with van der Waals surface area (Å²) in [6.45, 7) is 1.56. The van der Waals surface area contributed by atoms with Crippen molar-refractivity contribution in [1.82, 2.24) is 0 Å². The number of amides is 1. The van der Waals surface area contributed by atoms with Crippen molar-refractivity contribution in [3.8, 4) is 0 Å². The zero-order chi connectivity index (χ0) is 14.1. The molecule has 0 saturated carbocycles. The van der Waals surface area contributed by atoms with Crippen molar-refractivity contribution in [3.05, 3.63) is 59.7 Å². The summed E-state index contributed by atoms with van der Waals surface area (Å²) in [7, 11) is 0. The molecule has 0 N–H and O–H groups in total. The Morgan fingerprint density at radius 2 is 1.80 bits per heavy atom. The van der Waals surface area contributed by atoms with Crippen LogP contribution in [0.2, 0.25) is 0 Å². The highest BCUT2D eigenvalue weighted by atomic mass is 16.2. The van der Waals surface area contributed by atoms with Crippen LogP contribution in [0, 0.1) is 0 Å². The van der Waals surface area contributed by atoms with Crippen LogP contribution in [0.5, 0.6) is 0 Å². The van der Waals surface area contributed by atoms with Crippen LogP contribution in [0.15, 0.2) is 48.5 Å². The average molecular weight is 265 g/mol. The Morgan fingerprint density at radius 1 is 1.05 bits per heavy atom. The van der Waals surface area contributed by atoms with E-state index in [1.165, 1.54) is 0 Å². The number of ketones is 1. The van der Waals surface area contributed by atoms with Gasteiger partial charge >= 0.3 is 0 Å². The zero-order valence-electron chi connectivity index (χ0n) is 11.3. The minimum Gasteiger partial charge on any atom is -0.295 e. The van der Waals surface area contributed by atoms with Crippen molar-refractivity contribution in [1.29, 1.82) is 0 Å². The minimum atomic E-state index is 0.0518. The zero-order valence-corrected chi connectivity index (χ0v) is 11.3. The number of hydrogen-bond acceptors (Lipinski definition) is 2. The molecule has 0 saturated heterocycles. The summed E-state index contributed by atoms with van der Waals surface area (Å²) in [4.78, 5) is 25.4. The van der Waals surface area contributed by atoms with E-state index in [4.69, 9.17) is 0 Å². The van der Waals surface area contributed by atoms with E-state index in [1.54, 1.807) is 17.9 Å². The second kappa shape index (κ2) is 4.93. The molecule has 1 amide bonds. The quantitative estimate of drug-likeness (QED) is 0.779. The highest BCUT2D eigenvalue weighted by molar-refractivity contribution is 6.04. The number of rotatable bonds is 2. The number of benzene rings is 2. The third-order valence-corrected chi connectivity index (χ3v) is 3.60. The molecule has 3 rings (SSSR count). The fraction of sp³-hybridized carbons (Fsp3) is 0.176. The molecular weight excluding hydrogens is 250 g/mol. The number of hydrogen-bond donors (Lipinski definition) is 0. The van der Waals surface area contributed by atoms with E-state index in [9.17, 15) is 9.59 Å². The van der Waals surface area contributed by atoms with Crippen LogP contribution < -0.4 is 4.90 Å². The normalized spacial score (nSPS) is 14.1. The predicted molar refractivity (Wildman–Crippen MR) is 78.4 cm³/mol. The summed E-state index contributed by atoms with van der Waals surface area (Å²) >= 11 is 0. The van der Waals surface area contributed by atoms with Gasteiger partial charge in [-0.15, -0.1) is 0 Å². The standard InChI is InChI=1S/C17H15NO2/c1-12(19)13-7-9-16-14(11-13)8-10-17(20)18(16)15-5-3-2-4-6-15/h2-7,9,11H,8,10H2,1H3. The molecule has 100 valence electrons. The number of Topliss-reactive ketones (excluding diaryl/α,β-unsaturated/α-hetero) is 1. The van der Waals surface area contributed by atoms with E-state index >= 15 is 0 Å². The van der Waals surface area contributed by atoms with Gasteiger partial charge in [0.05, 0.1) is 5.69 Å². The number of fused-ring (bicyclic) bond motifs is 1. The van der Waals surface area contributed by atoms with Gasteiger partial charge in [0.15, 0.2) is 5.78 Å². The van der Waals surface area contributed by atoms with Crippen molar-refractivity contribution >= 4 is 23.1 Å². The lowest BCUT2D eigenvalue weighted by atomic mass is 9.97. The largest absolute Gasteiger partial charge is 0.295 e. The Morgan fingerprint density at radius 3 is 2.50 bits per heavy atom.